The Hall–Kier alpha value is -1.51. The molecule has 1 aromatic carbocycles. The summed E-state index contributed by atoms with van der Waals surface area (Å²) in [7, 11) is 1.63. The zero-order valence-electron chi connectivity index (χ0n) is 13.4. The number of nitrogens with one attached hydrogen (secondary N) is 1. The van der Waals surface area contributed by atoms with Gasteiger partial charge in [-0.2, -0.15) is 0 Å². The van der Waals surface area contributed by atoms with E-state index in [1.54, 1.807) is 7.11 Å². The quantitative estimate of drug-likeness (QED) is 0.921. The van der Waals surface area contributed by atoms with E-state index in [0.717, 1.165) is 18.1 Å². The largest absolute Gasteiger partial charge is 0.497 e. The van der Waals surface area contributed by atoms with Gasteiger partial charge in [-0.05, 0) is 60.3 Å². The highest BCUT2D eigenvalue weighted by atomic mass is 16.5. The van der Waals surface area contributed by atoms with Crippen molar-refractivity contribution in [2.24, 2.45) is 16.7 Å². The molecule has 0 heterocycles. The van der Waals surface area contributed by atoms with E-state index in [0.29, 0.717) is 17.0 Å². The molecule has 0 aliphatic heterocycles. The average Bonchev–Trinajstić information content (AvgIpc) is 2.80. The topological polar surface area (TPSA) is 38.3 Å². The Morgan fingerprint density at radius 2 is 1.90 bits per heavy atom. The smallest absolute Gasteiger partial charge is 0.251 e. The maximum atomic E-state index is 12.5. The van der Waals surface area contributed by atoms with Crippen molar-refractivity contribution in [1.82, 2.24) is 5.32 Å². The van der Waals surface area contributed by atoms with Crippen LogP contribution < -0.4 is 10.1 Å². The van der Waals surface area contributed by atoms with Gasteiger partial charge in [0.1, 0.15) is 5.75 Å². The van der Waals surface area contributed by atoms with Crippen LogP contribution in [0, 0.1) is 16.7 Å². The van der Waals surface area contributed by atoms with E-state index >= 15 is 0 Å². The van der Waals surface area contributed by atoms with Crippen LogP contribution in [-0.4, -0.2) is 19.1 Å². The van der Waals surface area contributed by atoms with Crippen LogP contribution >= 0.6 is 0 Å². The van der Waals surface area contributed by atoms with Gasteiger partial charge in [0.2, 0.25) is 0 Å². The molecular weight excluding hydrogens is 262 g/mol. The molecule has 1 N–H and O–H groups in total. The van der Waals surface area contributed by atoms with Crippen LogP contribution in [0.15, 0.2) is 24.3 Å². The van der Waals surface area contributed by atoms with Crippen molar-refractivity contribution < 1.29 is 9.53 Å². The second kappa shape index (κ2) is 4.75. The van der Waals surface area contributed by atoms with E-state index in [1.807, 2.05) is 24.3 Å². The van der Waals surface area contributed by atoms with Crippen molar-refractivity contribution >= 4 is 5.91 Å². The second-order valence-corrected chi connectivity index (χ2v) is 7.37. The van der Waals surface area contributed by atoms with Crippen molar-refractivity contribution in [3.8, 4) is 5.75 Å². The van der Waals surface area contributed by atoms with Crippen molar-refractivity contribution in [3.05, 3.63) is 29.8 Å². The molecule has 2 aliphatic rings. The molecule has 3 rings (SSSR count). The number of carbonyl (C=O) groups excluding carboxylic acids is 1. The molecule has 1 aromatic rings. The lowest BCUT2D eigenvalue weighted by Gasteiger charge is -2.39. The standard InChI is InChI=1S/C18H25NO2/c1-17(2)13-9-10-18(17,3)15(11-13)19-16(20)12-5-7-14(21-4)8-6-12/h5-8,13,15H,9-11H2,1-4H3,(H,19,20)/t13-,15-,18-/m1/s1. The van der Waals surface area contributed by atoms with E-state index in [-0.39, 0.29) is 11.3 Å². The van der Waals surface area contributed by atoms with Crippen LogP contribution in [0.4, 0.5) is 0 Å². The van der Waals surface area contributed by atoms with Crippen LogP contribution in [0.25, 0.3) is 0 Å². The summed E-state index contributed by atoms with van der Waals surface area (Å²) < 4.78 is 5.13. The first-order valence-corrected chi connectivity index (χ1v) is 7.83. The molecule has 0 saturated heterocycles. The first kappa shape index (κ1) is 14.4. The van der Waals surface area contributed by atoms with Crippen molar-refractivity contribution in [3.63, 3.8) is 0 Å². The van der Waals surface area contributed by atoms with E-state index in [4.69, 9.17) is 4.74 Å². The summed E-state index contributed by atoms with van der Waals surface area (Å²) in [4.78, 5) is 12.5. The molecule has 2 bridgehead atoms. The first-order valence-electron chi connectivity index (χ1n) is 7.83. The Balaban J connectivity index is 1.74. The molecule has 3 atom stereocenters. The number of hydrogen-bond donors (Lipinski definition) is 1. The molecule has 1 amide bonds. The Morgan fingerprint density at radius 3 is 2.38 bits per heavy atom. The van der Waals surface area contributed by atoms with Gasteiger partial charge in [-0.1, -0.05) is 20.8 Å². The van der Waals surface area contributed by atoms with Gasteiger partial charge in [-0.3, -0.25) is 4.79 Å². The third kappa shape index (κ3) is 2.05. The van der Waals surface area contributed by atoms with Crippen LogP contribution in [0.2, 0.25) is 0 Å². The van der Waals surface area contributed by atoms with Gasteiger partial charge in [0, 0.05) is 11.6 Å². The fourth-order valence-corrected chi connectivity index (χ4v) is 4.41. The normalized spacial score (nSPS) is 33.0. The van der Waals surface area contributed by atoms with Crippen LogP contribution in [0.5, 0.6) is 5.75 Å². The SMILES string of the molecule is COc1ccc(C(=O)N[C@@H]2C[C@H]3CC[C@@]2(C)C3(C)C)cc1. The van der Waals surface area contributed by atoms with Gasteiger partial charge < -0.3 is 10.1 Å². The second-order valence-electron chi connectivity index (χ2n) is 7.37. The number of fused-ring (bicyclic) bond motifs is 2. The monoisotopic (exact) mass is 287 g/mol. The highest BCUT2D eigenvalue weighted by Crippen LogP contribution is 2.65. The minimum atomic E-state index is 0.0345. The van der Waals surface area contributed by atoms with Crippen LogP contribution in [0.1, 0.15) is 50.4 Å². The first-order chi connectivity index (χ1) is 9.88. The lowest BCUT2D eigenvalue weighted by atomic mass is 9.69. The number of methoxy groups -OCH3 is 1. The molecule has 2 aliphatic carbocycles. The molecule has 114 valence electrons. The van der Waals surface area contributed by atoms with E-state index < -0.39 is 0 Å². The molecule has 0 unspecified atom stereocenters. The molecule has 0 spiro atoms. The Morgan fingerprint density at radius 1 is 1.24 bits per heavy atom. The zero-order chi connectivity index (χ0) is 15.3. The molecule has 3 nitrogen and oxygen atoms in total. The summed E-state index contributed by atoms with van der Waals surface area (Å²) in [5, 5.41) is 3.28. The minimum absolute atomic E-state index is 0.0345. The van der Waals surface area contributed by atoms with E-state index in [9.17, 15) is 4.79 Å². The molecule has 3 heteroatoms. The molecule has 2 fully saturated rings. The fourth-order valence-electron chi connectivity index (χ4n) is 4.41. The number of hydrogen-bond acceptors (Lipinski definition) is 2. The van der Waals surface area contributed by atoms with Crippen LogP contribution in [0.3, 0.4) is 0 Å². The number of benzene rings is 1. The summed E-state index contributed by atoms with van der Waals surface area (Å²) >= 11 is 0. The maximum absolute atomic E-state index is 12.5. The maximum Gasteiger partial charge on any atom is 0.251 e. The van der Waals surface area contributed by atoms with Crippen molar-refractivity contribution in [1.29, 1.82) is 0 Å². The predicted molar refractivity (Wildman–Crippen MR) is 83.5 cm³/mol. The van der Waals surface area contributed by atoms with Gasteiger partial charge >= 0.3 is 0 Å². The van der Waals surface area contributed by atoms with Crippen molar-refractivity contribution in [2.45, 2.75) is 46.1 Å². The third-order valence-electron chi connectivity index (χ3n) is 6.45. The van der Waals surface area contributed by atoms with E-state index in [1.165, 1.54) is 12.8 Å². The van der Waals surface area contributed by atoms with Gasteiger partial charge in [-0.15, -0.1) is 0 Å². The third-order valence-corrected chi connectivity index (χ3v) is 6.45. The summed E-state index contributed by atoms with van der Waals surface area (Å²) in [6.07, 6.45) is 3.64. The van der Waals surface area contributed by atoms with Gasteiger partial charge in [0.05, 0.1) is 7.11 Å². The van der Waals surface area contributed by atoms with Crippen molar-refractivity contribution in [2.75, 3.05) is 7.11 Å². The summed E-state index contributed by atoms with van der Waals surface area (Å²) in [6.45, 7) is 7.08. The molecule has 0 radical (unpaired) electrons. The number of carbonyl (C=O) groups is 1. The van der Waals surface area contributed by atoms with Crippen LogP contribution in [-0.2, 0) is 0 Å². The molecule has 21 heavy (non-hydrogen) atoms. The zero-order valence-corrected chi connectivity index (χ0v) is 13.4. The predicted octanol–water partition coefficient (Wildman–Crippen LogP) is 3.64. The Bertz CT molecular complexity index is 549. The molecular formula is C18H25NO2. The Labute approximate surface area is 127 Å². The highest BCUT2D eigenvalue weighted by Gasteiger charge is 2.61. The summed E-state index contributed by atoms with van der Waals surface area (Å²) in [6, 6.07) is 7.62. The van der Waals surface area contributed by atoms with Gasteiger partial charge in [0.15, 0.2) is 0 Å². The van der Waals surface area contributed by atoms with Gasteiger partial charge in [-0.25, -0.2) is 0 Å². The average molecular weight is 287 g/mol. The lowest BCUT2D eigenvalue weighted by Crippen LogP contribution is -2.46. The lowest BCUT2D eigenvalue weighted by molar-refractivity contribution is 0.0826. The van der Waals surface area contributed by atoms with Gasteiger partial charge in [0.25, 0.3) is 5.91 Å². The Kier molecular flexibility index (Phi) is 3.27. The van der Waals surface area contributed by atoms with E-state index in [2.05, 4.69) is 26.1 Å². The fraction of sp³-hybridized carbons (Fsp3) is 0.611. The molecule has 2 saturated carbocycles. The number of rotatable bonds is 3. The minimum Gasteiger partial charge on any atom is -0.497 e. The summed E-state index contributed by atoms with van der Waals surface area (Å²) in [5.74, 6) is 1.55. The highest BCUT2D eigenvalue weighted by molar-refractivity contribution is 5.94. The molecule has 0 aromatic heterocycles. The summed E-state index contributed by atoms with van der Waals surface area (Å²) in [5.41, 5.74) is 1.25. The number of amides is 1. The number of ether oxygens (including phenoxy) is 1.